The molecule has 1 aromatic rings. The molecule has 2 aliphatic heterocycles. The van der Waals surface area contributed by atoms with E-state index in [4.69, 9.17) is 4.74 Å². The lowest BCUT2D eigenvalue weighted by molar-refractivity contribution is -0.117. The minimum absolute atomic E-state index is 0.00385. The largest absolute Gasteiger partial charge is 0.372 e. The molecule has 0 radical (unpaired) electrons. The summed E-state index contributed by atoms with van der Waals surface area (Å²) < 4.78 is 29.0. The normalized spacial score (nSPS) is 25.3. The number of anilines is 2. The van der Waals surface area contributed by atoms with E-state index < -0.39 is 9.84 Å². The van der Waals surface area contributed by atoms with Crippen molar-refractivity contribution in [2.75, 3.05) is 23.3 Å². The molecule has 1 saturated carbocycles. The Morgan fingerprint density at radius 2 is 1.70 bits per heavy atom. The Labute approximate surface area is 176 Å². The summed E-state index contributed by atoms with van der Waals surface area (Å²) in [5.74, 6) is -0.279. The molecular formula is C21H25N3O5S. The Hall–Kier alpha value is -2.65. The molecule has 8 nitrogen and oxygen atoms in total. The first kappa shape index (κ1) is 20.6. The molecule has 2 fully saturated rings. The van der Waals surface area contributed by atoms with Gasteiger partial charge in [-0.3, -0.25) is 14.5 Å². The highest BCUT2D eigenvalue weighted by molar-refractivity contribution is 7.97. The highest BCUT2D eigenvalue weighted by Crippen LogP contribution is 2.33. The van der Waals surface area contributed by atoms with Crippen LogP contribution in [0.4, 0.5) is 11.4 Å². The minimum atomic E-state index is -3.43. The molecule has 0 spiro atoms. The van der Waals surface area contributed by atoms with Gasteiger partial charge in [-0.15, -0.1) is 0 Å². The number of hydrogen-bond donors (Lipinski definition) is 1. The van der Waals surface area contributed by atoms with Gasteiger partial charge < -0.3 is 15.0 Å². The van der Waals surface area contributed by atoms with E-state index in [1.54, 1.807) is 12.1 Å². The number of sulfone groups is 1. The number of nitrogens with zero attached hydrogens (tertiary/aromatic N) is 2. The number of morpholine rings is 1. The third-order valence-corrected chi connectivity index (χ3v) is 6.26. The van der Waals surface area contributed by atoms with Crippen molar-refractivity contribution in [1.29, 1.82) is 0 Å². The zero-order valence-corrected chi connectivity index (χ0v) is 17.8. The fourth-order valence-corrected chi connectivity index (χ4v) is 4.38. The van der Waals surface area contributed by atoms with Crippen molar-refractivity contribution in [2.45, 2.75) is 38.9 Å². The molecule has 4 rings (SSSR count). The molecule has 1 saturated heterocycles. The maximum Gasteiger partial charge on any atom is 0.263 e. The first-order valence-electron chi connectivity index (χ1n) is 10.0. The molecular weight excluding hydrogens is 406 g/mol. The van der Waals surface area contributed by atoms with Crippen molar-refractivity contribution in [3.05, 3.63) is 47.0 Å². The van der Waals surface area contributed by atoms with Crippen molar-refractivity contribution in [2.24, 2.45) is 5.92 Å². The average molecular weight is 432 g/mol. The highest BCUT2D eigenvalue weighted by atomic mass is 32.2. The molecule has 2 heterocycles. The molecule has 3 aliphatic rings. The van der Waals surface area contributed by atoms with Gasteiger partial charge in [-0.2, -0.15) is 0 Å². The van der Waals surface area contributed by atoms with Gasteiger partial charge in [0, 0.05) is 37.1 Å². The molecule has 2 amide bonds. The predicted octanol–water partition coefficient (Wildman–Crippen LogP) is 2.46. The van der Waals surface area contributed by atoms with E-state index in [1.807, 2.05) is 19.9 Å². The molecule has 2 atom stereocenters. The first-order chi connectivity index (χ1) is 14.2. The number of amides is 2. The van der Waals surface area contributed by atoms with Gasteiger partial charge in [0.05, 0.1) is 34.3 Å². The third kappa shape index (κ3) is 4.57. The van der Waals surface area contributed by atoms with Crippen LogP contribution in [0.1, 0.15) is 37.0 Å². The quantitative estimate of drug-likeness (QED) is 0.787. The third-order valence-electron chi connectivity index (χ3n) is 5.26. The van der Waals surface area contributed by atoms with E-state index in [2.05, 4.69) is 10.2 Å². The van der Waals surface area contributed by atoms with E-state index >= 15 is 0 Å². The van der Waals surface area contributed by atoms with Crippen molar-refractivity contribution < 1.29 is 22.7 Å². The maximum atomic E-state index is 13.2. The predicted molar refractivity (Wildman–Crippen MR) is 113 cm³/mol. The van der Waals surface area contributed by atoms with E-state index in [9.17, 15) is 18.0 Å². The van der Waals surface area contributed by atoms with Crippen LogP contribution in [0.15, 0.2) is 41.4 Å². The zero-order valence-electron chi connectivity index (χ0n) is 16.9. The molecule has 160 valence electrons. The van der Waals surface area contributed by atoms with Crippen LogP contribution in [0.5, 0.6) is 0 Å². The Bertz CT molecular complexity index is 999. The van der Waals surface area contributed by atoms with Crippen LogP contribution in [-0.2, 0) is 19.4 Å². The molecule has 1 aliphatic carbocycles. The van der Waals surface area contributed by atoms with Crippen LogP contribution in [0.3, 0.4) is 0 Å². The maximum absolute atomic E-state index is 13.2. The number of carbonyl (C=O) groups is 2. The summed E-state index contributed by atoms with van der Waals surface area (Å²) in [6, 6.07) is 5.20. The second-order valence-electron chi connectivity index (χ2n) is 8.03. The van der Waals surface area contributed by atoms with Gasteiger partial charge in [-0.25, -0.2) is 8.42 Å². The zero-order chi connectivity index (χ0) is 21.5. The molecule has 1 aromatic carbocycles. The summed E-state index contributed by atoms with van der Waals surface area (Å²) in [7, 11) is -3.43. The molecule has 0 bridgehead atoms. The minimum Gasteiger partial charge on any atom is -0.372 e. The van der Waals surface area contributed by atoms with Crippen LogP contribution in [0, 0.1) is 5.92 Å². The highest BCUT2D eigenvalue weighted by Gasteiger charge is 2.31. The summed E-state index contributed by atoms with van der Waals surface area (Å²) in [5, 5.41) is 4.92. The van der Waals surface area contributed by atoms with Gasteiger partial charge in [0.15, 0.2) is 9.84 Å². The number of ether oxygens (including phenoxy) is 1. The lowest BCUT2D eigenvalue weighted by Crippen LogP contribution is -2.46. The van der Waals surface area contributed by atoms with Crippen LogP contribution in [0.25, 0.3) is 0 Å². The number of rotatable bonds is 4. The van der Waals surface area contributed by atoms with Crippen molar-refractivity contribution in [3.63, 3.8) is 0 Å². The van der Waals surface area contributed by atoms with Gasteiger partial charge in [-0.05, 0) is 44.9 Å². The van der Waals surface area contributed by atoms with Crippen LogP contribution >= 0.6 is 0 Å². The lowest BCUT2D eigenvalue weighted by atomic mass is 10.1. The Balaban J connectivity index is 1.67. The van der Waals surface area contributed by atoms with E-state index in [0.29, 0.717) is 30.0 Å². The Morgan fingerprint density at radius 3 is 2.30 bits per heavy atom. The van der Waals surface area contributed by atoms with Crippen molar-refractivity contribution in [1.82, 2.24) is 4.90 Å². The lowest BCUT2D eigenvalue weighted by Gasteiger charge is -2.38. The molecule has 1 N–H and O–H groups in total. The van der Waals surface area contributed by atoms with E-state index in [1.165, 1.54) is 17.3 Å². The fourth-order valence-electron chi connectivity index (χ4n) is 3.69. The topological polar surface area (TPSA) is 96.0 Å². The monoisotopic (exact) mass is 431 g/mol. The van der Waals surface area contributed by atoms with Gasteiger partial charge >= 0.3 is 0 Å². The molecule has 0 aromatic heterocycles. The van der Waals surface area contributed by atoms with Gasteiger partial charge in [0.2, 0.25) is 5.91 Å². The second kappa shape index (κ2) is 7.88. The summed E-state index contributed by atoms with van der Waals surface area (Å²) in [6.07, 6.45) is 4.28. The average Bonchev–Trinajstić information content (AvgIpc) is 3.52. The summed E-state index contributed by atoms with van der Waals surface area (Å²) in [6.45, 7) is 5.16. The van der Waals surface area contributed by atoms with Crippen molar-refractivity contribution in [3.8, 4) is 0 Å². The standard InChI is InChI=1S/C21H25N3O5S/c1-14-12-24(13-15(2)29-14)19-11-17(22-20(25)16-3-4-16)5-6-18(19)21(26)23-7-9-30(27,28)10-8-23/h5-11,14-16H,3-4,12-13H2,1-2H3,(H,22,25). The number of benzene rings is 1. The number of nitrogens with one attached hydrogen (secondary N) is 1. The smallest absolute Gasteiger partial charge is 0.263 e. The second-order valence-corrected chi connectivity index (χ2v) is 9.75. The fraction of sp³-hybridized carbons (Fsp3) is 0.429. The van der Waals surface area contributed by atoms with Crippen LogP contribution in [-0.4, -0.2) is 50.4 Å². The number of hydrogen-bond acceptors (Lipinski definition) is 6. The molecule has 30 heavy (non-hydrogen) atoms. The number of carbonyl (C=O) groups excluding carboxylic acids is 2. The van der Waals surface area contributed by atoms with Crippen LogP contribution < -0.4 is 10.2 Å². The van der Waals surface area contributed by atoms with Gasteiger partial charge in [0.25, 0.3) is 5.91 Å². The van der Waals surface area contributed by atoms with E-state index in [0.717, 1.165) is 23.7 Å². The molecule has 9 heteroatoms. The summed E-state index contributed by atoms with van der Waals surface area (Å²) in [4.78, 5) is 28.7. The first-order valence-corrected chi connectivity index (χ1v) is 11.6. The Morgan fingerprint density at radius 1 is 1.07 bits per heavy atom. The molecule has 2 unspecified atom stereocenters. The van der Waals surface area contributed by atoms with Gasteiger partial charge in [0.1, 0.15) is 0 Å². The van der Waals surface area contributed by atoms with Gasteiger partial charge in [-0.1, -0.05) is 0 Å². The van der Waals surface area contributed by atoms with Crippen molar-refractivity contribution >= 4 is 33.0 Å². The van der Waals surface area contributed by atoms with Crippen LogP contribution in [0.2, 0.25) is 0 Å². The summed E-state index contributed by atoms with van der Waals surface area (Å²) in [5.41, 5.74) is 1.75. The van der Waals surface area contributed by atoms with E-state index in [-0.39, 0.29) is 29.9 Å². The SMILES string of the molecule is CC1CN(c2cc(NC(=O)C3CC3)ccc2C(=O)N2C=CS(=O)(=O)C=C2)CC(C)O1. The Kier molecular flexibility index (Phi) is 5.42. The summed E-state index contributed by atoms with van der Waals surface area (Å²) >= 11 is 0.